The molecule has 2 heteroatoms. The maximum Gasteiger partial charge on any atom is 0.0623 e. The summed E-state index contributed by atoms with van der Waals surface area (Å²) in [4.78, 5) is 0. The van der Waals surface area contributed by atoms with Crippen molar-refractivity contribution in [2.75, 3.05) is 19.8 Å². The molecule has 0 aromatic rings. The molecule has 0 amide bonds. The average molecular weight is 99.1 g/mol. The molecular weight excluding hydrogens is 90.1 g/mol. The van der Waals surface area contributed by atoms with Gasteiger partial charge in [-0.1, -0.05) is 0 Å². The van der Waals surface area contributed by atoms with Gasteiger partial charge in [-0.2, -0.15) is 0 Å². The van der Waals surface area contributed by atoms with Gasteiger partial charge in [0.25, 0.3) is 0 Å². The van der Waals surface area contributed by atoms with E-state index in [2.05, 4.69) is 5.32 Å². The number of fused-ring (bicyclic) bond motifs is 1. The normalized spacial score (nSPS) is 48.0. The first-order valence-corrected chi connectivity index (χ1v) is 2.78. The molecule has 0 bridgehead atoms. The average Bonchev–Trinajstić information content (AvgIpc) is 1.85. The second-order valence-corrected chi connectivity index (χ2v) is 2.31. The van der Waals surface area contributed by atoms with Crippen LogP contribution in [0.15, 0.2) is 0 Å². The molecule has 0 spiro atoms. The molecule has 2 heterocycles. The highest BCUT2D eigenvalue weighted by molar-refractivity contribution is 4.91. The van der Waals surface area contributed by atoms with E-state index in [0.29, 0.717) is 0 Å². The minimum Gasteiger partial charge on any atom is -0.379 e. The van der Waals surface area contributed by atoms with Gasteiger partial charge in [0, 0.05) is 18.5 Å². The lowest BCUT2D eigenvalue weighted by Crippen LogP contribution is -2.51. The standard InChI is InChI=1S/C5H9NO/c1-4-2-7-3-5(4)6-1/h4-6H,1-3H2/t4-,5-/m1/s1. The number of hydrogen-bond donors (Lipinski definition) is 1. The molecule has 1 N–H and O–H groups in total. The zero-order valence-electron chi connectivity index (χ0n) is 4.18. The molecular formula is C5H9NO. The van der Waals surface area contributed by atoms with Gasteiger partial charge in [0.05, 0.1) is 13.2 Å². The highest BCUT2D eigenvalue weighted by Crippen LogP contribution is 2.19. The molecule has 2 atom stereocenters. The highest BCUT2D eigenvalue weighted by atomic mass is 16.5. The van der Waals surface area contributed by atoms with Crippen molar-refractivity contribution in [2.24, 2.45) is 5.92 Å². The van der Waals surface area contributed by atoms with Crippen molar-refractivity contribution in [1.29, 1.82) is 0 Å². The number of nitrogens with one attached hydrogen (secondary N) is 1. The van der Waals surface area contributed by atoms with Gasteiger partial charge in [0.2, 0.25) is 0 Å². The monoisotopic (exact) mass is 99.1 g/mol. The van der Waals surface area contributed by atoms with Crippen molar-refractivity contribution in [2.45, 2.75) is 6.04 Å². The van der Waals surface area contributed by atoms with Crippen LogP contribution in [0, 0.1) is 5.92 Å². The maximum absolute atomic E-state index is 5.17. The van der Waals surface area contributed by atoms with Crippen LogP contribution in [0.25, 0.3) is 0 Å². The number of rotatable bonds is 0. The molecule has 0 aliphatic carbocycles. The van der Waals surface area contributed by atoms with Crippen LogP contribution in [0.5, 0.6) is 0 Å². The van der Waals surface area contributed by atoms with Gasteiger partial charge in [-0.15, -0.1) is 0 Å². The van der Waals surface area contributed by atoms with Crippen molar-refractivity contribution in [3.8, 4) is 0 Å². The van der Waals surface area contributed by atoms with E-state index in [9.17, 15) is 0 Å². The predicted octanol–water partition coefficient (Wildman–Crippen LogP) is -0.395. The molecule has 0 radical (unpaired) electrons. The van der Waals surface area contributed by atoms with Gasteiger partial charge in [0.1, 0.15) is 0 Å². The molecule has 2 saturated heterocycles. The molecule has 0 saturated carbocycles. The van der Waals surface area contributed by atoms with Crippen LogP contribution in [-0.4, -0.2) is 25.8 Å². The van der Waals surface area contributed by atoms with Crippen LogP contribution >= 0.6 is 0 Å². The summed E-state index contributed by atoms with van der Waals surface area (Å²) in [6, 6.07) is 0.722. The third kappa shape index (κ3) is 0.409. The third-order valence-corrected chi connectivity index (χ3v) is 1.84. The number of ether oxygens (including phenoxy) is 1. The lowest BCUT2D eigenvalue weighted by Gasteiger charge is -2.29. The van der Waals surface area contributed by atoms with Crippen LogP contribution in [0.2, 0.25) is 0 Å². The Balaban J connectivity index is 2.03. The molecule has 7 heavy (non-hydrogen) atoms. The Morgan fingerprint density at radius 3 is 2.71 bits per heavy atom. The molecule has 0 aromatic heterocycles. The van der Waals surface area contributed by atoms with Gasteiger partial charge in [-0.25, -0.2) is 0 Å². The largest absolute Gasteiger partial charge is 0.379 e. The molecule has 2 rings (SSSR count). The molecule has 0 aromatic carbocycles. The van der Waals surface area contributed by atoms with E-state index in [1.807, 2.05) is 0 Å². The van der Waals surface area contributed by atoms with Gasteiger partial charge in [0.15, 0.2) is 0 Å². The summed E-state index contributed by atoms with van der Waals surface area (Å²) in [6.07, 6.45) is 0. The first-order valence-electron chi connectivity index (χ1n) is 2.78. The van der Waals surface area contributed by atoms with E-state index in [1.165, 1.54) is 6.54 Å². The van der Waals surface area contributed by atoms with Gasteiger partial charge in [-0.3, -0.25) is 0 Å². The number of hydrogen-bond acceptors (Lipinski definition) is 2. The summed E-state index contributed by atoms with van der Waals surface area (Å²) < 4.78 is 5.17. The van der Waals surface area contributed by atoms with Crippen molar-refractivity contribution in [3.63, 3.8) is 0 Å². The van der Waals surface area contributed by atoms with Gasteiger partial charge >= 0.3 is 0 Å². The van der Waals surface area contributed by atoms with E-state index >= 15 is 0 Å². The molecule has 0 unspecified atom stereocenters. The Hall–Kier alpha value is -0.0800. The van der Waals surface area contributed by atoms with Crippen molar-refractivity contribution in [3.05, 3.63) is 0 Å². The van der Waals surface area contributed by atoms with E-state index in [1.54, 1.807) is 0 Å². The van der Waals surface area contributed by atoms with E-state index in [-0.39, 0.29) is 0 Å². The minimum atomic E-state index is 0.722. The maximum atomic E-state index is 5.17. The molecule has 2 aliphatic heterocycles. The topological polar surface area (TPSA) is 21.3 Å². The van der Waals surface area contributed by atoms with Gasteiger partial charge < -0.3 is 10.1 Å². The van der Waals surface area contributed by atoms with Crippen molar-refractivity contribution < 1.29 is 4.74 Å². The Labute approximate surface area is 42.9 Å². The van der Waals surface area contributed by atoms with Crippen LogP contribution in [-0.2, 0) is 4.74 Å². The smallest absolute Gasteiger partial charge is 0.0623 e. The predicted molar refractivity (Wildman–Crippen MR) is 26.1 cm³/mol. The van der Waals surface area contributed by atoms with Crippen LogP contribution in [0.4, 0.5) is 0 Å². The Bertz CT molecular complexity index is 74.1. The Morgan fingerprint density at radius 1 is 1.43 bits per heavy atom. The second kappa shape index (κ2) is 1.20. The fourth-order valence-corrected chi connectivity index (χ4v) is 1.17. The van der Waals surface area contributed by atoms with Crippen molar-refractivity contribution in [1.82, 2.24) is 5.32 Å². The summed E-state index contributed by atoms with van der Waals surface area (Å²) in [7, 11) is 0. The summed E-state index contributed by atoms with van der Waals surface area (Å²) in [5, 5.41) is 3.28. The summed E-state index contributed by atoms with van der Waals surface area (Å²) in [5.41, 5.74) is 0. The van der Waals surface area contributed by atoms with E-state index in [4.69, 9.17) is 4.74 Å². The lowest BCUT2D eigenvalue weighted by atomic mass is 9.96. The zero-order chi connectivity index (χ0) is 4.69. The quantitative estimate of drug-likeness (QED) is 0.446. The first kappa shape index (κ1) is 3.87. The van der Waals surface area contributed by atoms with Crippen LogP contribution < -0.4 is 5.32 Å². The summed E-state index contributed by atoms with van der Waals surface area (Å²) in [6.45, 7) is 3.13. The minimum absolute atomic E-state index is 0.722. The summed E-state index contributed by atoms with van der Waals surface area (Å²) in [5.74, 6) is 0.861. The Kier molecular flexibility index (Phi) is 0.664. The van der Waals surface area contributed by atoms with Crippen LogP contribution in [0.1, 0.15) is 0 Å². The molecule has 2 aliphatic rings. The van der Waals surface area contributed by atoms with Crippen molar-refractivity contribution >= 4 is 0 Å². The first-order chi connectivity index (χ1) is 3.47. The van der Waals surface area contributed by atoms with E-state index in [0.717, 1.165) is 25.2 Å². The summed E-state index contributed by atoms with van der Waals surface area (Å²) >= 11 is 0. The fourth-order valence-electron chi connectivity index (χ4n) is 1.17. The fraction of sp³-hybridized carbons (Fsp3) is 1.00. The highest BCUT2D eigenvalue weighted by Gasteiger charge is 2.34. The molecule has 2 fully saturated rings. The van der Waals surface area contributed by atoms with E-state index < -0.39 is 0 Å². The van der Waals surface area contributed by atoms with Gasteiger partial charge in [-0.05, 0) is 0 Å². The zero-order valence-corrected chi connectivity index (χ0v) is 4.18. The molecule has 40 valence electrons. The Morgan fingerprint density at radius 2 is 2.43 bits per heavy atom. The lowest BCUT2D eigenvalue weighted by molar-refractivity contribution is 0.191. The molecule has 2 nitrogen and oxygen atoms in total. The van der Waals surface area contributed by atoms with Crippen LogP contribution in [0.3, 0.4) is 0 Å². The third-order valence-electron chi connectivity index (χ3n) is 1.84. The SMILES string of the molecule is C1N[C@@H]2COC[C@@H]12. The second-order valence-electron chi connectivity index (χ2n) is 2.31.